The summed E-state index contributed by atoms with van der Waals surface area (Å²) in [6.07, 6.45) is 11.2. The number of aromatic carboxylic acids is 1. The number of Topliss-reactive ketones (excluding diaryl/α,β-unsaturated/α-hetero) is 1. The average Bonchev–Trinajstić information content (AvgIpc) is 3.49. The van der Waals surface area contributed by atoms with Crippen LogP contribution >= 0.6 is 0 Å². The van der Waals surface area contributed by atoms with Crippen molar-refractivity contribution in [3.8, 4) is 0 Å². The van der Waals surface area contributed by atoms with E-state index in [1.54, 1.807) is 12.1 Å². The lowest BCUT2D eigenvalue weighted by Crippen LogP contribution is -2.31. The fraction of sp³-hybridized carbons (Fsp3) is 0.359. The Hall–Kier alpha value is -4.45. The van der Waals surface area contributed by atoms with E-state index in [-0.39, 0.29) is 22.5 Å². The van der Waals surface area contributed by atoms with E-state index in [0.717, 1.165) is 54.3 Å². The topological polar surface area (TPSA) is 80.8 Å². The van der Waals surface area contributed by atoms with Crippen LogP contribution in [0.3, 0.4) is 0 Å². The third-order valence-electron chi connectivity index (χ3n) is 9.73. The standard InChI is InChI=1S/C39H42N2O4/c1-5-7-8-9-10-13-20-41-28(22-27-21-26(38(44)45)17-18-32(27)41)23-30-36(42)31(37(30)43)24-34-39(3,4)35-29-15-12-11-14-25(29)16-19-33(35)40(34)6-2/h11-12,14-19,21,23-24H,5-10,13,20,22H2,1-4H3,(H-,42,43,44,45)/p+1. The number of carboxylic acid groups (broad SMARTS) is 1. The monoisotopic (exact) mass is 603 g/mol. The zero-order valence-electron chi connectivity index (χ0n) is 26.8. The highest BCUT2D eigenvalue weighted by atomic mass is 16.4. The lowest BCUT2D eigenvalue weighted by Gasteiger charge is -2.25. The fourth-order valence-electron chi connectivity index (χ4n) is 7.36. The number of fused-ring (bicyclic) bond motifs is 4. The third kappa shape index (κ3) is 5.30. The SMILES string of the molecule is CCCCCCCCN1C(=CC2=C(O)C(=CC3=[N+](CC)c4ccc5ccccc5c4C3(C)C)C2=O)Cc2cc(C(=O)O)ccc21. The maximum absolute atomic E-state index is 13.7. The number of hydrogen-bond acceptors (Lipinski definition) is 4. The molecule has 0 aromatic heterocycles. The smallest absolute Gasteiger partial charge is 0.335 e. The number of carboxylic acids is 1. The number of anilines is 1. The summed E-state index contributed by atoms with van der Waals surface area (Å²) in [5.74, 6) is -1.10. The molecular formula is C39H43N2O4+. The summed E-state index contributed by atoms with van der Waals surface area (Å²) in [6, 6.07) is 18.0. The highest BCUT2D eigenvalue weighted by Gasteiger charge is 2.47. The zero-order chi connectivity index (χ0) is 31.9. The summed E-state index contributed by atoms with van der Waals surface area (Å²) in [4.78, 5) is 27.5. The molecule has 0 unspecified atom stereocenters. The van der Waals surface area contributed by atoms with Crippen molar-refractivity contribution in [2.45, 2.75) is 78.1 Å². The maximum atomic E-state index is 13.7. The Kier molecular flexibility index (Phi) is 8.25. The van der Waals surface area contributed by atoms with Crippen LogP contribution in [0.5, 0.6) is 0 Å². The number of aliphatic hydroxyl groups excluding tert-OH is 1. The zero-order valence-corrected chi connectivity index (χ0v) is 26.8. The van der Waals surface area contributed by atoms with Gasteiger partial charge in [0.15, 0.2) is 5.71 Å². The predicted octanol–water partition coefficient (Wildman–Crippen LogP) is 8.56. The van der Waals surface area contributed by atoms with E-state index in [0.29, 0.717) is 17.6 Å². The molecule has 1 aliphatic carbocycles. The van der Waals surface area contributed by atoms with Gasteiger partial charge in [-0.15, -0.1) is 0 Å². The summed E-state index contributed by atoms with van der Waals surface area (Å²) in [5.41, 5.74) is 6.75. The molecule has 3 aliphatic rings. The number of carbonyl (C=O) groups is 2. The second kappa shape index (κ2) is 12.2. The van der Waals surface area contributed by atoms with Crippen LogP contribution in [0.15, 0.2) is 89.4 Å². The number of aliphatic hydroxyl groups is 1. The first kappa shape index (κ1) is 30.6. The van der Waals surface area contributed by atoms with Crippen LogP contribution in [0.25, 0.3) is 10.8 Å². The van der Waals surface area contributed by atoms with Gasteiger partial charge in [0.1, 0.15) is 12.3 Å². The number of unbranched alkanes of at least 4 members (excludes halogenated alkanes) is 5. The molecule has 2 N–H and O–H groups in total. The van der Waals surface area contributed by atoms with Crippen molar-refractivity contribution >= 4 is 39.6 Å². The van der Waals surface area contributed by atoms with E-state index in [1.165, 1.54) is 42.0 Å². The molecule has 0 spiro atoms. The quantitative estimate of drug-likeness (QED) is 0.130. The molecule has 0 amide bonds. The van der Waals surface area contributed by atoms with Crippen LogP contribution in [0.4, 0.5) is 11.4 Å². The van der Waals surface area contributed by atoms with E-state index in [4.69, 9.17) is 0 Å². The number of carbonyl (C=O) groups excluding carboxylic acids is 1. The molecule has 3 aromatic carbocycles. The van der Waals surface area contributed by atoms with Gasteiger partial charge in [0.25, 0.3) is 0 Å². The molecular weight excluding hydrogens is 560 g/mol. The predicted molar refractivity (Wildman–Crippen MR) is 181 cm³/mol. The maximum Gasteiger partial charge on any atom is 0.335 e. The van der Waals surface area contributed by atoms with Gasteiger partial charge in [-0.3, -0.25) is 4.79 Å². The summed E-state index contributed by atoms with van der Waals surface area (Å²) >= 11 is 0. The Morgan fingerprint density at radius 3 is 2.47 bits per heavy atom. The molecule has 232 valence electrons. The largest absolute Gasteiger partial charge is 0.506 e. The molecule has 0 radical (unpaired) electrons. The number of nitrogens with zero attached hydrogens (tertiary/aromatic N) is 2. The minimum atomic E-state index is -0.953. The molecule has 0 saturated carbocycles. The van der Waals surface area contributed by atoms with E-state index >= 15 is 0 Å². The van der Waals surface area contributed by atoms with Gasteiger partial charge in [0.05, 0.1) is 22.1 Å². The molecule has 2 heterocycles. The summed E-state index contributed by atoms with van der Waals surface area (Å²) in [6.45, 7) is 10.2. The van der Waals surface area contributed by atoms with Gasteiger partial charge in [-0.1, -0.05) is 63.3 Å². The van der Waals surface area contributed by atoms with Crippen LogP contribution in [0, 0.1) is 0 Å². The first-order valence-corrected chi connectivity index (χ1v) is 16.4. The molecule has 0 saturated heterocycles. The van der Waals surface area contributed by atoms with Gasteiger partial charge < -0.3 is 15.1 Å². The fourth-order valence-corrected chi connectivity index (χ4v) is 7.36. The highest BCUT2D eigenvalue weighted by Crippen LogP contribution is 2.45. The van der Waals surface area contributed by atoms with Crippen molar-refractivity contribution in [3.05, 3.63) is 106 Å². The minimum absolute atomic E-state index is 0.0226. The van der Waals surface area contributed by atoms with Gasteiger partial charge in [0, 0.05) is 42.1 Å². The minimum Gasteiger partial charge on any atom is -0.506 e. The summed E-state index contributed by atoms with van der Waals surface area (Å²) in [5, 5.41) is 23.3. The van der Waals surface area contributed by atoms with Gasteiger partial charge >= 0.3 is 5.97 Å². The second-order valence-electron chi connectivity index (χ2n) is 13.0. The Labute approximate surface area is 265 Å². The molecule has 45 heavy (non-hydrogen) atoms. The van der Waals surface area contributed by atoms with Crippen molar-refractivity contribution < 1.29 is 24.4 Å². The van der Waals surface area contributed by atoms with E-state index < -0.39 is 5.97 Å². The molecule has 0 bridgehead atoms. The van der Waals surface area contributed by atoms with Crippen molar-refractivity contribution in [1.82, 2.24) is 0 Å². The van der Waals surface area contributed by atoms with Crippen molar-refractivity contribution in [2.75, 3.05) is 18.0 Å². The highest BCUT2D eigenvalue weighted by molar-refractivity contribution is 6.24. The van der Waals surface area contributed by atoms with Gasteiger partial charge in [0.2, 0.25) is 11.5 Å². The lowest BCUT2D eigenvalue weighted by molar-refractivity contribution is -0.433. The molecule has 6 heteroatoms. The third-order valence-corrected chi connectivity index (χ3v) is 9.73. The van der Waals surface area contributed by atoms with E-state index in [9.17, 15) is 19.8 Å². The van der Waals surface area contributed by atoms with Gasteiger partial charge in [-0.2, -0.15) is 4.58 Å². The van der Waals surface area contributed by atoms with E-state index in [2.05, 4.69) is 73.6 Å². The van der Waals surface area contributed by atoms with Crippen LogP contribution in [-0.4, -0.2) is 45.3 Å². The Balaban J connectivity index is 1.32. The summed E-state index contributed by atoms with van der Waals surface area (Å²) < 4.78 is 2.25. The van der Waals surface area contributed by atoms with Crippen molar-refractivity contribution in [1.29, 1.82) is 0 Å². The van der Waals surface area contributed by atoms with Crippen LogP contribution in [0.2, 0.25) is 0 Å². The normalized spacial score (nSPS) is 18.8. The van der Waals surface area contributed by atoms with Crippen molar-refractivity contribution in [3.63, 3.8) is 0 Å². The molecule has 3 aromatic rings. The Bertz CT molecular complexity index is 1840. The lowest BCUT2D eigenvalue weighted by atomic mass is 9.77. The molecule has 6 rings (SSSR count). The van der Waals surface area contributed by atoms with E-state index in [1.807, 2.05) is 18.2 Å². The van der Waals surface area contributed by atoms with Gasteiger partial charge in [-0.05, 0) is 73.9 Å². The number of benzene rings is 3. The Morgan fingerprint density at radius 2 is 1.73 bits per heavy atom. The van der Waals surface area contributed by atoms with Crippen LogP contribution in [0.1, 0.15) is 87.7 Å². The summed E-state index contributed by atoms with van der Waals surface area (Å²) in [7, 11) is 0. The average molecular weight is 604 g/mol. The molecule has 2 aliphatic heterocycles. The van der Waals surface area contributed by atoms with Gasteiger partial charge in [-0.25, -0.2) is 4.79 Å². The molecule has 6 nitrogen and oxygen atoms in total. The Morgan fingerprint density at radius 1 is 0.978 bits per heavy atom. The number of ketones is 1. The first-order chi connectivity index (χ1) is 21.7. The number of rotatable bonds is 11. The van der Waals surface area contributed by atoms with Crippen LogP contribution < -0.4 is 4.90 Å². The van der Waals surface area contributed by atoms with Crippen molar-refractivity contribution in [2.24, 2.45) is 0 Å². The number of allylic oxidation sites excluding steroid dienone is 5. The second-order valence-corrected chi connectivity index (χ2v) is 13.0. The van der Waals surface area contributed by atoms with Crippen LogP contribution in [-0.2, 0) is 16.6 Å². The number of hydrogen-bond donors (Lipinski definition) is 2. The molecule has 0 fully saturated rings. The first-order valence-electron chi connectivity index (χ1n) is 16.4. The molecule has 0 atom stereocenters.